The number of benzene rings is 1. The lowest BCUT2D eigenvalue weighted by molar-refractivity contribution is -0.138. The summed E-state index contributed by atoms with van der Waals surface area (Å²) in [5.41, 5.74) is 2.51. The van der Waals surface area contributed by atoms with E-state index in [0.29, 0.717) is 26.2 Å². The fourth-order valence-corrected chi connectivity index (χ4v) is 4.21. The second-order valence-corrected chi connectivity index (χ2v) is 8.37. The van der Waals surface area contributed by atoms with E-state index in [1.54, 1.807) is 4.90 Å². The molecule has 0 bridgehead atoms. The number of likely N-dealkylation sites (N-methyl/N-ethyl adjacent to an activating group) is 1. The zero-order chi connectivity index (χ0) is 16.6. The van der Waals surface area contributed by atoms with Crippen molar-refractivity contribution in [2.75, 3.05) is 39.5 Å². The number of sulfonamides is 1. The maximum atomic E-state index is 12.8. The average Bonchev–Trinajstić information content (AvgIpc) is 2.53. The Morgan fingerprint density at radius 2 is 1.70 bits per heavy atom. The third-order valence-electron chi connectivity index (χ3n) is 4.79. The van der Waals surface area contributed by atoms with Crippen molar-refractivity contribution in [2.45, 2.75) is 19.0 Å². The molecule has 23 heavy (non-hydrogen) atoms. The van der Waals surface area contributed by atoms with Crippen LogP contribution in [0.5, 0.6) is 0 Å². The fourth-order valence-electron chi connectivity index (χ4n) is 3.38. The van der Waals surface area contributed by atoms with E-state index in [9.17, 15) is 13.2 Å². The van der Waals surface area contributed by atoms with Crippen molar-refractivity contribution < 1.29 is 13.2 Å². The molecule has 0 unspecified atom stereocenters. The molecule has 0 radical (unpaired) electrons. The lowest BCUT2D eigenvalue weighted by Crippen LogP contribution is -2.56. The molecular weight excluding hydrogens is 314 g/mol. The van der Waals surface area contributed by atoms with Gasteiger partial charge in [0.25, 0.3) is 0 Å². The van der Waals surface area contributed by atoms with Gasteiger partial charge in [-0.05, 0) is 24.6 Å². The van der Waals surface area contributed by atoms with Gasteiger partial charge >= 0.3 is 0 Å². The van der Waals surface area contributed by atoms with Gasteiger partial charge in [-0.15, -0.1) is 0 Å². The summed E-state index contributed by atoms with van der Waals surface area (Å²) in [6.45, 7) is 2.49. The van der Waals surface area contributed by atoms with Crippen LogP contribution in [0.1, 0.15) is 11.1 Å². The molecule has 0 aromatic heterocycles. The summed E-state index contributed by atoms with van der Waals surface area (Å²) < 4.78 is 24.6. The van der Waals surface area contributed by atoms with Crippen molar-refractivity contribution in [1.29, 1.82) is 0 Å². The van der Waals surface area contributed by atoms with Crippen LogP contribution in [0.2, 0.25) is 0 Å². The molecule has 126 valence electrons. The number of rotatable bonds is 2. The number of nitrogens with zero attached hydrogens (tertiary/aromatic N) is 3. The van der Waals surface area contributed by atoms with Crippen molar-refractivity contribution in [3.05, 3.63) is 35.4 Å². The molecule has 0 N–H and O–H groups in total. The van der Waals surface area contributed by atoms with Crippen LogP contribution in [0.4, 0.5) is 0 Å². The highest BCUT2D eigenvalue weighted by molar-refractivity contribution is 7.88. The quantitative estimate of drug-likeness (QED) is 0.771. The molecule has 6 nitrogen and oxygen atoms in total. The molecule has 2 heterocycles. The smallest absolute Gasteiger partial charge is 0.240 e. The molecule has 1 aromatic rings. The van der Waals surface area contributed by atoms with Gasteiger partial charge in [0.15, 0.2) is 0 Å². The lowest BCUT2D eigenvalue weighted by Gasteiger charge is -2.39. The zero-order valence-electron chi connectivity index (χ0n) is 13.6. The molecule has 2 aliphatic heterocycles. The number of fused-ring (bicyclic) bond motifs is 1. The summed E-state index contributed by atoms with van der Waals surface area (Å²) in [5.74, 6) is 0.107. The Labute approximate surface area is 137 Å². The lowest BCUT2D eigenvalue weighted by atomic mass is 9.93. The van der Waals surface area contributed by atoms with Crippen LogP contribution in [-0.2, 0) is 27.8 Å². The Hall–Kier alpha value is -1.44. The fraction of sp³-hybridized carbons (Fsp3) is 0.562. The Morgan fingerprint density at radius 3 is 2.30 bits per heavy atom. The first kappa shape index (κ1) is 16.4. The molecule has 1 saturated heterocycles. The first-order chi connectivity index (χ1) is 10.9. The van der Waals surface area contributed by atoms with Gasteiger partial charge in [-0.3, -0.25) is 9.69 Å². The summed E-state index contributed by atoms with van der Waals surface area (Å²) in [6.07, 6.45) is 1.94. The van der Waals surface area contributed by atoms with Gasteiger partial charge in [0.2, 0.25) is 15.9 Å². The normalized spacial score (nSPS) is 23.6. The molecule has 2 aliphatic rings. The number of hydrogen-bond acceptors (Lipinski definition) is 4. The standard InChI is InChI=1S/C16H23N3O3S/c1-17-12-14-6-4-3-5-13(14)11-15(17)16(20)18-7-9-19(10-8-18)23(2,21)22/h3-6,15H,7-12H2,1-2H3/t15-/m0/s1. The predicted molar refractivity (Wildman–Crippen MR) is 88.4 cm³/mol. The van der Waals surface area contributed by atoms with Crippen LogP contribution >= 0.6 is 0 Å². The van der Waals surface area contributed by atoms with Crippen molar-refractivity contribution >= 4 is 15.9 Å². The van der Waals surface area contributed by atoms with Crippen LogP contribution in [0.3, 0.4) is 0 Å². The molecule has 0 aliphatic carbocycles. The van der Waals surface area contributed by atoms with E-state index in [2.05, 4.69) is 17.0 Å². The number of carbonyl (C=O) groups is 1. The van der Waals surface area contributed by atoms with Crippen molar-refractivity contribution in [2.24, 2.45) is 0 Å². The van der Waals surface area contributed by atoms with Crippen molar-refractivity contribution in [3.8, 4) is 0 Å². The van der Waals surface area contributed by atoms with Gasteiger partial charge in [0, 0.05) is 32.7 Å². The average molecular weight is 337 g/mol. The molecule has 0 saturated carbocycles. The highest BCUT2D eigenvalue weighted by Gasteiger charge is 2.34. The Kier molecular flexibility index (Phi) is 4.44. The van der Waals surface area contributed by atoms with Crippen molar-refractivity contribution in [1.82, 2.24) is 14.1 Å². The summed E-state index contributed by atoms with van der Waals surface area (Å²) in [5, 5.41) is 0. The number of piperazine rings is 1. The number of hydrogen-bond donors (Lipinski definition) is 0. The molecule has 1 atom stereocenters. The molecular formula is C16H23N3O3S. The van der Waals surface area contributed by atoms with Gasteiger partial charge in [-0.25, -0.2) is 8.42 Å². The van der Waals surface area contributed by atoms with E-state index in [-0.39, 0.29) is 11.9 Å². The second kappa shape index (κ2) is 6.22. The van der Waals surface area contributed by atoms with Gasteiger partial charge in [0.1, 0.15) is 0 Å². The minimum Gasteiger partial charge on any atom is -0.339 e. The monoisotopic (exact) mass is 337 g/mol. The molecule has 1 aromatic carbocycles. The van der Waals surface area contributed by atoms with E-state index in [1.165, 1.54) is 21.7 Å². The highest BCUT2D eigenvalue weighted by atomic mass is 32.2. The van der Waals surface area contributed by atoms with Crippen molar-refractivity contribution in [3.63, 3.8) is 0 Å². The SMILES string of the molecule is CN1Cc2ccccc2C[C@H]1C(=O)N1CCN(S(C)(=O)=O)CC1. The van der Waals surface area contributed by atoms with E-state index in [0.717, 1.165) is 13.0 Å². The Morgan fingerprint density at radius 1 is 1.09 bits per heavy atom. The minimum absolute atomic E-state index is 0.107. The van der Waals surface area contributed by atoms with Gasteiger partial charge in [-0.1, -0.05) is 24.3 Å². The number of amides is 1. The van der Waals surface area contributed by atoms with E-state index in [1.807, 2.05) is 19.2 Å². The van der Waals surface area contributed by atoms with Crippen LogP contribution in [-0.4, -0.2) is 74.0 Å². The van der Waals surface area contributed by atoms with E-state index in [4.69, 9.17) is 0 Å². The van der Waals surface area contributed by atoms with Crippen LogP contribution in [0, 0.1) is 0 Å². The first-order valence-electron chi connectivity index (χ1n) is 7.87. The minimum atomic E-state index is -3.17. The maximum Gasteiger partial charge on any atom is 0.240 e. The molecule has 7 heteroatoms. The summed E-state index contributed by atoms with van der Waals surface area (Å²) in [6, 6.07) is 8.08. The van der Waals surface area contributed by atoms with Gasteiger partial charge in [-0.2, -0.15) is 4.31 Å². The first-order valence-corrected chi connectivity index (χ1v) is 9.72. The topological polar surface area (TPSA) is 60.9 Å². The molecule has 3 rings (SSSR count). The third kappa shape index (κ3) is 3.41. The highest BCUT2D eigenvalue weighted by Crippen LogP contribution is 2.23. The van der Waals surface area contributed by atoms with E-state index < -0.39 is 10.0 Å². The molecule has 1 fully saturated rings. The Balaban J connectivity index is 1.68. The van der Waals surface area contributed by atoms with Gasteiger partial charge < -0.3 is 4.90 Å². The third-order valence-corrected chi connectivity index (χ3v) is 6.09. The van der Waals surface area contributed by atoms with Crippen LogP contribution in [0.15, 0.2) is 24.3 Å². The second-order valence-electron chi connectivity index (χ2n) is 6.39. The molecule has 1 amide bonds. The summed E-state index contributed by atoms with van der Waals surface area (Å²) >= 11 is 0. The maximum absolute atomic E-state index is 12.8. The predicted octanol–water partition coefficient (Wildman–Crippen LogP) is 0.147. The largest absolute Gasteiger partial charge is 0.339 e. The summed E-state index contributed by atoms with van der Waals surface area (Å²) in [7, 11) is -1.19. The zero-order valence-corrected chi connectivity index (χ0v) is 14.4. The van der Waals surface area contributed by atoms with Gasteiger partial charge in [0.05, 0.1) is 12.3 Å². The van der Waals surface area contributed by atoms with Crippen LogP contribution in [0.25, 0.3) is 0 Å². The molecule has 0 spiro atoms. The Bertz CT molecular complexity index is 696. The summed E-state index contributed by atoms with van der Waals surface area (Å²) in [4.78, 5) is 16.7. The van der Waals surface area contributed by atoms with Crippen LogP contribution < -0.4 is 0 Å². The number of carbonyl (C=O) groups excluding carboxylic acids is 1. The van der Waals surface area contributed by atoms with E-state index >= 15 is 0 Å².